The second-order valence-corrected chi connectivity index (χ2v) is 17.0. The number of carbonyl (C=O) groups excluding carboxylic acids is 3. The molecule has 3 amide bonds. The zero-order chi connectivity index (χ0) is 42.1. The van der Waals surface area contributed by atoms with E-state index in [9.17, 15) is 19.6 Å². The molecule has 2 saturated heterocycles. The molecule has 5 aromatic rings. The van der Waals surface area contributed by atoms with Gasteiger partial charge in [-0.25, -0.2) is 19.6 Å². The average molecular weight is 812 g/mol. The van der Waals surface area contributed by atoms with E-state index in [4.69, 9.17) is 19.4 Å². The van der Waals surface area contributed by atoms with E-state index >= 15 is 0 Å². The Labute approximate surface area is 350 Å². The Hall–Kier alpha value is -6.20. The topological polar surface area (TPSA) is 181 Å². The number of imidazole rings is 2. The van der Waals surface area contributed by atoms with Crippen LogP contribution in [0.25, 0.3) is 44.4 Å². The first-order chi connectivity index (χ1) is 29.0. The summed E-state index contributed by atoms with van der Waals surface area (Å²) >= 11 is 0. The second-order valence-electron chi connectivity index (χ2n) is 17.0. The zero-order valence-corrected chi connectivity index (χ0v) is 34.8. The van der Waals surface area contributed by atoms with Gasteiger partial charge < -0.3 is 35.0 Å². The Balaban J connectivity index is 0.952. The fourth-order valence-corrected chi connectivity index (χ4v) is 8.96. The first-order valence-corrected chi connectivity index (χ1v) is 20.9. The van der Waals surface area contributed by atoms with E-state index in [0.717, 1.165) is 81.7 Å². The Morgan fingerprint density at radius 3 is 2.05 bits per heavy atom. The third kappa shape index (κ3) is 8.31. The molecular weight excluding hydrogens is 759 g/mol. The summed E-state index contributed by atoms with van der Waals surface area (Å²) in [6, 6.07) is 22.7. The number of aromatic amines is 2. The second kappa shape index (κ2) is 16.8. The van der Waals surface area contributed by atoms with E-state index in [1.54, 1.807) is 0 Å². The van der Waals surface area contributed by atoms with Crippen molar-refractivity contribution in [1.82, 2.24) is 40.4 Å². The number of benzene rings is 3. The van der Waals surface area contributed by atoms with E-state index in [-0.39, 0.29) is 41.3 Å². The molecule has 4 N–H and O–H groups in total. The Morgan fingerprint density at radius 2 is 1.43 bits per heavy atom. The number of methoxy groups -OCH3 is 2. The number of amides is 3. The number of aromatic nitrogens is 4. The van der Waals surface area contributed by atoms with Gasteiger partial charge in [0.05, 0.1) is 62.1 Å². The monoisotopic (exact) mass is 811 g/mol. The summed E-state index contributed by atoms with van der Waals surface area (Å²) in [7, 11) is 2.67. The average Bonchev–Trinajstić information content (AvgIpc) is 3.75. The molecule has 3 aromatic carbocycles. The maximum absolute atomic E-state index is 13.9. The van der Waals surface area contributed by atoms with Crippen molar-refractivity contribution in [3.8, 4) is 39.7 Å². The van der Waals surface area contributed by atoms with Gasteiger partial charge in [-0.15, -0.1) is 0 Å². The van der Waals surface area contributed by atoms with E-state index in [0.29, 0.717) is 26.1 Å². The van der Waals surface area contributed by atoms with Gasteiger partial charge in [-0.3, -0.25) is 9.69 Å². The number of nitriles is 1. The predicted molar refractivity (Wildman–Crippen MR) is 227 cm³/mol. The van der Waals surface area contributed by atoms with Gasteiger partial charge >= 0.3 is 12.2 Å². The van der Waals surface area contributed by atoms with Gasteiger partial charge in [-0.2, -0.15) is 5.26 Å². The van der Waals surface area contributed by atoms with Crippen LogP contribution in [0.4, 0.5) is 9.59 Å². The van der Waals surface area contributed by atoms with Crippen LogP contribution in [0.1, 0.15) is 76.6 Å². The van der Waals surface area contributed by atoms with Crippen LogP contribution in [0.15, 0.2) is 73.1 Å². The molecule has 8 rings (SSSR count). The van der Waals surface area contributed by atoms with Gasteiger partial charge in [0.15, 0.2) is 0 Å². The molecule has 1 saturated carbocycles. The highest BCUT2D eigenvalue weighted by Crippen LogP contribution is 2.58. The van der Waals surface area contributed by atoms with Crippen LogP contribution < -0.4 is 10.6 Å². The summed E-state index contributed by atoms with van der Waals surface area (Å²) < 4.78 is 9.63. The number of hydrogen-bond acceptors (Lipinski definition) is 9. The molecule has 5 atom stereocenters. The van der Waals surface area contributed by atoms with Crippen LogP contribution in [0, 0.1) is 28.6 Å². The van der Waals surface area contributed by atoms with Crippen molar-refractivity contribution >= 4 is 28.9 Å². The van der Waals surface area contributed by atoms with Crippen molar-refractivity contribution < 1.29 is 23.9 Å². The number of rotatable bonds is 12. The third-order valence-electron chi connectivity index (χ3n) is 12.7. The standard InChI is InChI=1S/C46H53N9O5/c1-6-35(50-44(57)59-4)25-54-24-28(21-47)17-38(54)41-48-23-37(52-41)34-14-13-32-18-31(11-12-33(32)19-34)29-7-9-30(10-8-29)36-22-49-42(51-36)39-20-46(15-16-46)26-55(39)43(56)40(27(2)3)53-45(58)60-5/h7-14,18-19,22-23,27-28,35,38-40H,6,15-17,20,24-26H2,1-5H3,(H,48,52)(H,49,51)(H,50,57)(H,53,58)/t28-,35+,38+,39+,40+/m1/s1. The van der Waals surface area contributed by atoms with Gasteiger partial charge in [0.1, 0.15) is 17.7 Å². The molecule has 0 unspecified atom stereocenters. The molecule has 1 aliphatic carbocycles. The summed E-state index contributed by atoms with van der Waals surface area (Å²) in [5, 5.41) is 17.6. The highest BCUT2D eigenvalue weighted by molar-refractivity contribution is 5.91. The normalized spacial score (nSPS) is 20.6. The molecule has 0 radical (unpaired) electrons. The quantitative estimate of drug-likeness (QED) is 0.0980. The maximum Gasteiger partial charge on any atom is 0.407 e. The van der Waals surface area contributed by atoms with E-state index in [1.165, 1.54) is 14.2 Å². The Morgan fingerprint density at radius 1 is 0.850 bits per heavy atom. The number of likely N-dealkylation sites (tertiary alicyclic amines) is 2. The molecule has 14 heteroatoms. The van der Waals surface area contributed by atoms with Gasteiger partial charge in [0.2, 0.25) is 5.91 Å². The maximum atomic E-state index is 13.9. The highest BCUT2D eigenvalue weighted by atomic mass is 16.5. The van der Waals surface area contributed by atoms with Gasteiger partial charge in [0.25, 0.3) is 0 Å². The lowest BCUT2D eigenvalue weighted by Crippen LogP contribution is -2.51. The third-order valence-corrected chi connectivity index (χ3v) is 12.7. The minimum atomic E-state index is -0.684. The summed E-state index contributed by atoms with van der Waals surface area (Å²) in [4.78, 5) is 58.6. The molecule has 3 fully saturated rings. The predicted octanol–water partition coefficient (Wildman–Crippen LogP) is 7.74. The van der Waals surface area contributed by atoms with Crippen LogP contribution in [0.5, 0.6) is 0 Å². The fourth-order valence-electron chi connectivity index (χ4n) is 8.96. The lowest BCUT2D eigenvalue weighted by atomic mass is 9.98. The highest BCUT2D eigenvalue weighted by Gasteiger charge is 2.55. The van der Waals surface area contributed by atoms with Crippen molar-refractivity contribution in [2.75, 3.05) is 33.9 Å². The van der Waals surface area contributed by atoms with E-state index in [1.807, 2.05) is 38.1 Å². The van der Waals surface area contributed by atoms with Crippen molar-refractivity contribution in [3.63, 3.8) is 0 Å². The molecule has 2 aliphatic heterocycles. The summed E-state index contributed by atoms with van der Waals surface area (Å²) in [5.41, 5.74) is 6.13. The number of nitrogens with one attached hydrogen (secondary N) is 4. The van der Waals surface area contributed by atoms with Crippen LogP contribution in [0.3, 0.4) is 0 Å². The Kier molecular flexibility index (Phi) is 11.4. The largest absolute Gasteiger partial charge is 0.453 e. The number of fused-ring (bicyclic) bond motifs is 1. The zero-order valence-electron chi connectivity index (χ0n) is 34.8. The fraction of sp³-hybridized carbons (Fsp3) is 0.435. The first-order valence-electron chi connectivity index (χ1n) is 20.9. The van der Waals surface area contributed by atoms with Crippen molar-refractivity contribution in [1.29, 1.82) is 5.26 Å². The van der Waals surface area contributed by atoms with Crippen molar-refractivity contribution in [3.05, 3.63) is 84.7 Å². The molecule has 3 aliphatic rings. The lowest BCUT2D eigenvalue weighted by molar-refractivity contribution is -0.135. The van der Waals surface area contributed by atoms with Crippen LogP contribution >= 0.6 is 0 Å². The molecule has 14 nitrogen and oxygen atoms in total. The minimum absolute atomic E-state index is 0.0642. The molecule has 60 heavy (non-hydrogen) atoms. The number of alkyl carbamates (subject to hydrolysis) is 2. The molecule has 4 heterocycles. The van der Waals surface area contributed by atoms with Gasteiger partial charge in [-0.1, -0.05) is 69.3 Å². The number of H-pyrrole nitrogens is 2. The Bertz CT molecular complexity index is 2410. The van der Waals surface area contributed by atoms with Gasteiger partial charge in [0, 0.05) is 31.2 Å². The lowest BCUT2D eigenvalue weighted by Gasteiger charge is -2.30. The summed E-state index contributed by atoms with van der Waals surface area (Å²) in [6.07, 6.45) is 7.06. The van der Waals surface area contributed by atoms with E-state index in [2.05, 4.69) is 92.2 Å². The number of hydrogen-bond donors (Lipinski definition) is 4. The summed E-state index contributed by atoms with van der Waals surface area (Å²) in [5.74, 6) is 1.25. The molecule has 312 valence electrons. The first kappa shape index (κ1) is 40.6. The van der Waals surface area contributed by atoms with Crippen LogP contribution in [-0.2, 0) is 14.3 Å². The smallest absolute Gasteiger partial charge is 0.407 e. The number of nitrogens with zero attached hydrogens (tertiary/aromatic N) is 5. The molecule has 2 aromatic heterocycles. The number of ether oxygens (including phenoxy) is 2. The van der Waals surface area contributed by atoms with Crippen molar-refractivity contribution in [2.45, 2.75) is 77.0 Å². The summed E-state index contributed by atoms with van der Waals surface area (Å²) in [6.45, 7) is 7.74. The van der Waals surface area contributed by atoms with Crippen LogP contribution in [0.2, 0.25) is 0 Å². The minimum Gasteiger partial charge on any atom is -0.453 e. The molecular formula is C46H53N9O5. The van der Waals surface area contributed by atoms with Crippen LogP contribution in [-0.4, -0.2) is 93.8 Å². The number of carbonyl (C=O) groups is 3. The molecule has 0 bridgehead atoms. The SMILES string of the molecule is CC[C@@H](CN1C[C@@H](C#N)C[C@H]1c1ncc(-c2ccc3cc(-c4ccc(-c5cnc([C@@H]6CC7(CC7)CN6C(=O)[C@@H](NC(=O)OC)C(C)C)[nH]5)cc4)ccc3c2)[nH]1)NC(=O)OC. The van der Waals surface area contributed by atoms with Crippen molar-refractivity contribution in [2.24, 2.45) is 17.3 Å². The molecule has 1 spiro atoms. The van der Waals surface area contributed by atoms with Gasteiger partial charge in [-0.05, 0) is 83.0 Å². The van der Waals surface area contributed by atoms with E-state index < -0.39 is 18.2 Å².